The Morgan fingerprint density at radius 1 is 1.17 bits per heavy atom. The number of hydrogen-bond acceptors (Lipinski definition) is 4. The monoisotopic (exact) mass is 408 g/mol. The minimum Gasteiger partial charge on any atom is -0.369 e. The van der Waals surface area contributed by atoms with Crippen LogP contribution in [0.3, 0.4) is 0 Å². The van der Waals surface area contributed by atoms with E-state index in [2.05, 4.69) is 63.6 Å². The Morgan fingerprint density at radius 2 is 1.87 bits per heavy atom. The zero-order valence-electron chi connectivity index (χ0n) is 18.1. The molecule has 1 saturated heterocycles. The minimum absolute atomic E-state index is 0.0280. The molecule has 7 nitrogen and oxygen atoms in total. The van der Waals surface area contributed by atoms with Crippen molar-refractivity contribution in [2.45, 2.75) is 39.8 Å². The fourth-order valence-corrected chi connectivity index (χ4v) is 3.85. The Labute approximate surface area is 178 Å². The van der Waals surface area contributed by atoms with Crippen LogP contribution in [-0.4, -0.2) is 37.0 Å². The number of aliphatic imine (C=N–C) groups is 1. The third-order valence-electron chi connectivity index (χ3n) is 5.68. The van der Waals surface area contributed by atoms with Crippen LogP contribution >= 0.6 is 0 Å². The van der Waals surface area contributed by atoms with Crippen molar-refractivity contribution in [2.75, 3.05) is 25.0 Å². The molecule has 30 heavy (non-hydrogen) atoms. The molecule has 1 aliphatic rings. The normalized spacial score (nSPS) is 15.2. The van der Waals surface area contributed by atoms with E-state index in [9.17, 15) is 4.79 Å². The quantitative estimate of drug-likeness (QED) is 0.503. The third kappa shape index (κ3) is 5.49. The molecular weight excluding hydrogens is 376 g/mol. The van der Waals surface area contributed by atoms with Crippen molar-refractivity contribution in [3.8, 4) is 0 Å². The average molecular weight is 409 g/mol. The van der Waals surface area contributed by atoms with Crippen LogP contribution in [-0.2, 0) is 17.9 Å². The van der Waals surface area contributed by atoms with Gasteiger partial charge in [0, 0.05) is 50.9 Å². The predicted molar refractivity (Wildman–Crippen MR) is 121 cm³/mol. The van der Waals surface area contributed by atoms with Crippen molar-refractivity contribution < 1.29 is 4.79 Å². The summed E-state index contributed by atoms with van der Waals surface area (Å²) in [7, 11) is 1.77. The second-order valence-electron chi connectivity index (χ2n) is 7.86. The lowest BCUT2D eigenvalue weighted by Gasteiger charge is -2.32. The standard InChI is InChI=1S/C23H32N6O/c1-16-6-7-19(17(2)13-16)14-27-23(25-3)28-15-20-5-4-10-26-22(20)29-11-8-18(9-12-29)21(24)30/h4-7,10,13,18H,8-9,11-12,14-15H2,1-3H3,(H2,24,30)(H2,25,27,28). The van der Waals surface area contributed by atoms with Crippen molar-refractivity contribution in [3.63, 3.8) is 0 Å². The molecule has 1 aromatic carbocycles. The van der Waals surface area contributed by atoms with Crippen molar-refractivity contribution >= 4 is 17.7 Å². The molecule has 0 radical (unpaired) electrons. The summed E-state index contributed by atoms with van der Waals surface area (Å²) in [6.07, 6.45) is 3.36. The van der Waals surface area contributed by atoms with Gasteiger partial charge in [-0.2, -0.15) is 0 Å². The number of carbonyl (C=O) groups excluding carboxylic acids is 1. The van der Waals surface area contributed by atoms with Gasteiger partial charge in [-0.3, -0.25) is 9.79 Å². The number of piperidine rings is 1. The Balaban J connectivity index is 1.59. The van der Waals surface area contributed by atoms with Crippen LogP contribution in [0.2, 0.25) is 0 Å². The molecule has 0 aliphatic carbocycles. The van der Waals surface area contributed by atoms with Crippen molar-refractivity contribution in [1.82, 2.24) is 15.6 Å². The summed E-state index contributed by atoms with van der Waals surface area (Å²) < 4.78 is 0. The number of rotatable bonds is 6. The number of hydrogen-bond donors (Lipinski definition) is 3. The number of nitrogens with two attached hydrogens (primary N) is 1. The number of pyridine rings is 1. The number of guanidine groups is 1. The van der Waals surface area contributed by atoms with Gasteiger partial charge in [0.15, 0.2) is 5.96 Å². The number of primary amides is 1. The van der Waals surface area contributed by atoms with Crippen molar-refractivity contribution in [3.05, 3.63) is 58.8 Å². The second kappa shape index (κ2) is 10.1. The second-order valence-corrected chi connectivity index (χ2v) is 7.86. The maximum Gasteiger partial charge on any atom is 0.220 e. The van der Waals surface area contributed by atoms with Gasteiger partial charge < -0.3 is 21.3 Å². The molecule has 7 heteroatoms. The number of nitrogens with zero attached hydrogens (tertiary/aromatic N) is 3. The number of aromatic nitrogens is 1. The highest BCUT2D eigenvalue weighted by molar-refractivity contribution is 5.80. The molecule has 0 unspecified atom stereocenters. The van der Waals surface area contributed by atoms with Gasteiger partial charge in [0.2, 0.25) is 5.91 Å². The fraction of sp³-hybridized carbons (Fsp3) is 0.435. The molecule has 1 amide bonds. The summed E-state index contributed by atoms with van der Waals surface area (Å²) in [4.78, 5) is 22.6. The van der Waals surface area contributed by atoms with E-state index in [1.807, 2.05) is 12.3 Å². The average Bonchev–Trinajstić information content (AvgIpc) is 2.75. The lowest BCUT2D eigenvalue weighted by atomic mass is 9.96. The molecule has 1 aromatic heterocycles. The van der Waals surface area contributed by atoms with Gasteiger partial charge in [0.05, 0.1) is 0 Å². The van der Waals surface area contributed by atoms with Gasteiger partial charge >= 0.3 is 0 Å². The van der Waals surface area contributed by atoms with E-state index in [4.69, 9.17) is 5.73 Å². The smallest absolute Gasteiger partial charge is 0.220 e. The van der Waals surface area contributed by atoms with Gasteiger partial charge in [-0.05, 0) is 43.9 Å². The highest BCUT2D eigenvalue weighted by Crippen LogP contribution is 2.24. The van der Waals surface area contributed by atoms with E-state index >= 15 is 0 Å². The first-order chi connectivity index (χ1) is 14.5. The molecule has 3 rings (SSSR count). The Morgan fingerprint density at radius 3 is 2.50 bits per heavy atom. The van der Waals surface area contributed by atoms with Gasteiger partial charge in [0.1, 0.15) is 5.82 Å². The summed E-state index contributed by atoms with van der Waals surface area (Å²) >= 11 is 0. The molecule has 2 aromatic rings. The first-order valence-electron chi connectivity index (χ1n) is 10.5. The molecule has 0 saturated carbocycles. The maximum atomic E-state index is 11.4. The lowest BCUT2D eigenvalue weighted by molar-refractivity contribution is -0.122. The number of carbonyl (C=O) groups is 1. The van der Waals surface area contributed by atoms with E-state index in [0.29, 0.717) is 13.1 Å². The molecular formula is C23H32N6O. The fourth-order valence-electron chi connectivity index (χ4n) is 3.85. The minimum atomic E-state index is -0.198. The summed E-state index contributed by atoms with van der Waals surface area (Å²) in [5, 5.41) is 6.78. The predicted octanol–water partition coefficient (Wildman–Crippen LogP) is 2.27. The van der Waals surface area contributed by atoms with E-state index in [-0.39, 0.29) is 11.8 Å². The summed E-state index contributed by atoms with van der Waals surface area (Å²) in [5.74, 6) is 1.48. The molecule has 1 aliphatic heterocycles. The first kappa shape index (κ1) is 21.6. The highest BCUT2D eigenvalue weighted by atomic mass is 16.1. The van der Waals surface area contributed by atoms with Crippen LogP contribution in [0.15, 0.2) is 41.5 Å². The van der Waals surface area contributed by atoms with Gasteiger partial charge in [-0.15, -0.1) is 0 Å². The van der Waals surface area contributed by atoms with Gasteiger partial charge in [0.25, 0.3) is 0 Å². The number of nitrogens with one attached hydrogen (secondary N) is 2. The van der Waals surface area contributed by atoms with Crippen LogP contribution in [0.1, 0.15) is 35.1 Å². The van der Waals surface area contributed by atoms with Crippen LogP contribution in [0.25, 0.3) is 0 Å². The summed E-state index contributed by atoms with van der Waals surface area (Å²) in [6.45, 7) is 7.14. The third-order valence-corrected chi connectivity index (χ3v) is 5.68. The van der Waals surface area contributed by atoms with Crippen LogP contribution < -0.4 is 21.3 Å². The van der Waals surface area contributed by atoms with E-state index in [0.717, 1.165) is 43.3 Å². The Hall–Kier alpha value is -3.09. The van der Waals surface area contributed by atoms with Crippen LogP contribution in [0, 0.1) is 19.8 Å². The first-order valence-corrected chi connectivity index (χ1v) is 10.5. The zero-order valence-corrected chi connectivity index (χ0v) is 18.1. The summed E-state index contributed by atoms with van der Waals surface area (Å²) in [6, 6.07) is 10.5. The molecule has 1 fully saturated rings. The summed E-state index contributed by atoms with van der Waals surface area (Å²) in [5.41, 5.74) is 10.4. The largest absolute Gasteiger partial charge is 0.369 e. The molecule has 2 heterocycles. The van der Waals surface area contributed by atoms with Gasteiger partial charge in [-0.1, -0.05) is 29.8 Å². The molecule has 4 N–H and O–H groups in total. The topological polar surface area (TPSA) is 95.6 Å². The Kier molecular flexibility index (Phi) is 7.27. The molecule has 0 atom stereocenters. The lowest BCUT2D eigenvalue weighted by Crippen LogP contribution is -2.40. The van der Waals surface area contributed by atoms with Crippen molar-refractivity contribution in [2.24, 2.45) is 16.6 Å². The van der Waals surface area contributed by atoms with Crippen LogP contribution in [0.4, 0.5) is 5.82 Å². The number of anilines is 1. The highest BCUT2D eigenvalue weighted by Gasteiger charge is 2.24. The number of aryl methyl sites for hydroxylation is 2. The Bertz CT molecular complexity index is 902. The van der Waals surface area contributed by atoms with E-state index < -0.39 is 0 Å². The van der Waals surface area contributed by atoms with Crippen molar-refractivity contribution in [1.29, 1.82) is 0 Å². The van der Waals surface area contributed by atoms with E-state index in [1.165, 1.54) is 16.7 Å². The SMILES string of the molecule is CN=C(NCc1ccc(C)cc1C)NCc1cccnc1N1CCC(C(N)=O)CC1. The van der Waals surface area contributed by atoms with Gasteiger partial charge in [-0.25, -0.2) is 4.98 Å². The number of benzene rings is 1. The van der Waals surface area contributed by atoms with Crippen LogP contribution in [0.5, 0.6) is 0 Å². The number of amides is 1. The molecule has 0 bridgehead atoms. The molecule has 160 valence electrons. The maximum absolute atomic E-state index is 11.4. The molecule has 0 spiro atoms. The zero-order chi connectivity index (χ0) is 21.5. The van der Waals surface area contributed by atoms with E-state index in [1.54, 1.807) is 7.05 Å².